The van der Waals surface area contributed by atoms with Gasteiger partial charge in [0.15, 0.2) is 0 Å². The molecule has 0 aliphatic rings. The van der Waals surface area contributed by atoms with E-state index >= 15 is 0 Å². The van der Waals surface area contributed by atoms with Gasteiger partial charge in [-0.1, -0.05) is 35.3 Å². The highest BCUT2D eigenvalue weighted by molar-refractivity contribution is 6.36. The third-order valence-corrected chi connectivity index (χ3v) is 4.34. The molecule has 0 aliphatic heterocycles. The van der Waals surface area contributed by atoms with Crippen molar-refractivity contribution in [3.8, 4) is 0 Å². The predicted octanol–water partition coefficient (Wildman–Crippen LogP) is 3.20. The fourth-order valence-corrected chi connectivity index (χ4v) is 2.93. The molecule has 128 valence electrons. The summed E-state index contributed by atoms with van der Waals surface area (Å²) in [4.78, 5) is 39.9. The molecule has 0 fully saturated rings. The molecule has 8 heteroatoms. The van der Waals surface area contributed by atoms with Crippen molar-refractivity contribution in [2.24, 2.45) is 0 Å². The normalized spacial score (nSPS) is 12.1. The van der Waals surface area contributed by atoms with Gasteiger partial charge in [-0.3, -0.25) is 9.59 Å². The van der Waals surface area contributed by atoms with Crippen molar-refractivity contribution >= 4 is 45.7 Å². The molecule has 0 spiro atoms. The van der Waals surface area contributed by atoms with Crippen LogP contribution in [0.3, 0.4) is 0 Å². The standard InChI is InChI=1S/C17H13Cl2N3O3/c1-9(15(23)20-14-7-6-10(18)8-12(14)19)22-16(24)11-4-2-3-5-13(11)21-17(22)25/h2-9H,1H3,(H,20,23)(H,21,25). The molecule has 0 saturated heterocycles. The van der Waals surface area contributed by atoms with E-state index in [-0.39, 0.29) is 5.02 Å². The number of halogens is 2. The molecule has 25 heavy (non-hydrogen) atoms. The number of anilines is 1. The number of aromatic nitrogens is 2. The Morgan fingerprint density at radius 2 is 1.88 bits per heavy atom. The van der Waals surface area contributed by atoms with Crippen LogP contribution in [0.2, 0.25) is 10.0 Å². The Kier molecular flexibility index (Phi) is 4.65. The van der Waals surface area contributed by atoms with Gasteiger partial charge in [0.1, 0.15) is 6.04 Å². The summed E-state index contributed by atoms with van der Waals surface area (Å²) in [6.07, 6.45) is 0. The lowest BCUT2D eigenvalue weighted by Crippen LogP contribution is -2.41. The van der Waals surface area contributed by atoms with E-state index in [4.69, 9.17) is 23.2 Å². The second-order valence-electron chi connectivity index (χ2n) is 5.44. The minimum absolute atomic E-state index is 0.257. The van der Waals surface area contributed by atoms with E-state index in [1.165, 1.54) is 13.0 Å². The van der Waals surface area contributed by atoms with Gasteiger partial charge in [0.2, 0.25) is 5.91 Å². The van der Waals surface area contributed by atoms with E-state index in [2.05, 4.69) is 10.3 Å². The molecule has 0 radical (unpaired) electrons. The number of rotatable bonds is 3. The van der Waals surface area contributed by atoms with Crippen LogP contribution < -0.4 is 16.6 Å². The SMILES string of the molecule is CC(C(=O)Nc1ccc(Cl)cc1Cl)n1c(=O)[nH]c2ccccc2c1=O. The van der Waals surface area contributed by atoms with Crippen molar-refractivity contribution in [1.29, 1.82) is 0 Å². The van der Waals surface area contributed by atoms with Crippen molar-refractivity contribution in [3.63, 3.8) is 0 Å². The lowest BCUT2D eigenvalue weighted by Gasteiger charge is -2.15. The Balaban J connectivity index is 1.99. The van der Waals surface area contributed by atoms with Crippen molar-refractivity contribution in [2.75, 3.05) is 5.32 Å². The molecular formula is C17H13Cl2N3O3. The van der Waals surface area contributed by atoms with Crippen LogP contribution in [0.5, 0.6) is 0 Å². The fraction of sp³-hybridized carbons (Fsp3) is 0.118. The summed E-state index contributed by atoms with van der Waals surface area (Å²) in [5, 5.41) is 3.61. The number of nitrogens with zero attached hydrogens (tertiary/aromatic N) is 1. The van der Waals surface area contributed by atoms with Crippen LogP contribution in [-0.2, 0) is 4.79 Å². The molecule has 6 nitrogen and oxygen atoms in total. The van der Waals surface area contributed by atoms with Crippen LogP contribution in [0, 0.1) is 0 Å². The smallest absolute Gasteiger partial charge is 0.323 e. The molecule has 0 aliphatic carbocycles. The quantitative estimate of drug-likeness (QED) is 0.734. The van der Waals surface area contributed by atoms with Crippen LogP contribution >= 0.6 is 23.2 Å². The van der Waals surface area contributed by atoms with Gasteiger partial charge in [0.25, 0.3) is 5.56 Å². The molecule has 1 unspecified atom stereocenters. The monoisotopic (exact) mass is 377 g/mol. The van der Waals surface area contributed by atoms with Gasteiger partial charge in [-0.05, 0) is 37.3 Å². The van der Waals surface area contributed by atoms with Crippen molar-refractivity contribution < 1.29 is 4.79 Å². The maximum atomic E-state index is 12.6. The van der Waals surface area contributed by atoms with Gasteiger partial charge < -0.3 is 10.3 Å². The maximum Gasteiger partial charge on any atom is 0.329 e. The zero-order valence-electron chi connectivity index (χ0n) is 13.0. The van der Waals surface area contributed by atoms with E-state index in [1.54, 1.807) is 36.4 Å². The van der Waals surface area contributed by atoms with E-state index in [0.717, 1.165) is 4.57 Å². The average molecular weight is 378 g/mol. The van der Waals surface area contributed by atoms with Crippen molar-refractivity contribution in [3.05, 3.63) is 73.3 Å². The Labute approximate surface area is 152 Å². The Hall–Kier alpha value is -2.57. The molecule has 1 amide bonds. The van der Waals surface area contributed by atoms with Crippen molar-refractivity contribution in [2.45, 2.75) is 13.0 Å². The largest absolute Gasteiger partial charge is 0.329 e. The number of aromatic amines is 1. The number of carbonyl (C=O) groups excluding carboxylic acids is 1. The van der Waals surface area contributed by atoms with Gasteiger partial charge >= 0.3 is 5.69 Å². The molecular weight excluding hydrogens is 365 g/mol. The molecule has 2 aromatic carbocycles. The fourth-order valence-electron chi connectivity index (χ4n) is 2.47. The molecule has 3 aromatic rings. The first-order chi connectivity index (χ1) is 11.9. The number of H-pyrrole nitrogens is 1. The highest BCUT2D eigenvalue weighted by Crippen LogP contribution is 2.25. The first kappa shape index (κ1) is 17.3. The summed E-state index contributed by atoms with van der Waals surface area (Å²) in [5.74, 6) is -0.549. The summed E-state index contributed by atoms with van der Waals surface area (Å²) in [5.41, 5.74) is -0.437. The molecule has 1 heterocycles. The van der Waals surface area contributed by atoms with Crippen molar-refractivity contribution in [1.82, 2.24) is 9.55 Å². The van der Waals surface area contributed by atoms with Crippen LogP contribution in [-0.4, -0.2) is 15.5 Å². The molecule has 0 saturated carbocycles. The first-order valence-electron chi connectivity index (χ1n) is 7.38. The number of para-hydroxylation sites is 1. The number of benzene rings is 2. The number of hydrogen-bond acceptors (Lipinski definition) is 3. The molecule has 0 bridgehead atoms. The lowest BCUT2D eigenvalue weighted by atomic mass is 10.2. The van der Waals surface area contributed by atoms with E-state index in [1.807, 2.05) is 0 Å². The molecule has 2 N–H and O–H groups in total. The molecule has 3 rings (SSSR count). The van der Waals surface area contributed by atoms with E-state index in [9.17, 15) is 14.4 Å². The third kappa shape index (κ3) is 3.31. The summed E-state index contributed by atoms with van der Waals surface area (Å²) in [6, 6.07) is 10.2. The van der Waals surface area contributed by atoms with Crippen LogP contribution in [0.25, 0.3) is 10.9 Å². The average Bonchev–Trinajstić information content (AvgIpc) is 2.57. The maximum absolute atomic E-state index is 12.6. The highest BCUT2D eigenvalue weighted by Gasteiger charge is 2.21. The number of fused-ring (bicyclic) bond motifs is 1. The van der Waals surface area contributed by atoms with Crippen LogP contribution in [0.15, 0.2) is 52.1 Å². The Bertz CT molecular complexity index is 1090. The van der Waals surface area contributed by atoms with Gasteiger partial charge in [-0.25, -0.2) is 9.36 Å². The number of amides is 1. The molecule has 1 aromatic heterocycles. The minimum Gasteiger partial charge on any atom is -0.323 e. The van der Waals surface area contributed by atoms with Gasteiger partial charge in [0, 0.05) is 5.02 Å². The number of nitrogens with one attached hydrogen (secondary N) is 2. The van der Waals surface area contributed by atoms with Gasteiger partial charge in [-0.15, -0.1) is 0 Å². The zero-order valence-corrected chi connectivity index (χ0v) is 14.6. The summed E-state index contributed by atoms with van der Waals surface area (Å²) >= 11 is 11.9. The second-order valence-corrected chi connectivity index (χ2v) is 6.28. The summed E-state index contributed by atoms with van der Waals surface area (Å²) in [7, 11) is 0. The van der Waals surface area contributed by atoms with Crippen LogP contribution in [0.4, 0.5) is 5.69 Å². The second kappa shape index (κ2) is 6.74. The van der Waals surface area contributed by atoms with E-state index in [0.29, 0.717) is 21.6 Å². The zero-order chi connectivity index (χ0) is 18.1. The van der Waals surface area contributed by atoms with Gasteiger partial charge in [0.05, 0.1) is 21.6 Å². The Morgan fingerprint density at radius 3 is 2.60 bits per heavy atom. The topological polar surface area (TPSA) is 84.0 Å². The third-order valence-electron chi connectivity index (χ3n) is 3.79. The number of hydrogen-bond donors (Lipinski definition) is 2. The predicted molar refractivity (Wildman–Crippen MR) is 98.6 cm³/mol. The summed E-state index contributed by atoms with van der Waals surface area (Å²) < 4.78 is 0.876. The lowest BCUT2D eigenvalue weighted by molar-refractivity contribution is -0.119. The van der Waals surface area contributed by atoms with Gasteiger partial charge in [-0.2, -0.15) is 0 Å². The first-order valence-corrected chi connectivity index (χ1v) is 8.13. The highest BCUT2D eigenvalue weighted by atomic mass is 35.5. The minimum atomic E-state index is -1.03. The van der Waals surface area contributed by atoms with Crippen LogP contribution in [0.1, 0.15) is 13.0 Å². The Morgan fingerprint density at radius 1 is 1.16 bits per heavy atom. The summed E-state index contributed by atoms with van der Waals surface area (Å²) in [6.45, 7) is 1.46. The number of carbonyl (C=O) groups is 1. The van der Waals surface area contributed by atoms with E-state index < -0.39 is 23.2 Å². The molecule has 1 atom stereocenters.